The lowest BCUT2D eigenvalue weighted by Crippen LogP contribution is -2.05. The highest BCUT2D eigenvalue weighted by Gasteiger charge is 2.32. The summed E-state index contributed by atoms with van der Waals surface area (Å²) in [6.45, 7) is 0. The van der Waals surface area contributed by atoms with Gasteiger partial charge >= 0.3 is 6.18 Å². The van der Waals surface area contributed by atoms with Gasteiger partial charge in [-0.3, -0.25) is 4.98 Å². The molecule has 8 heteroatoms. The molecule has 0 aliphatic heterocycles. The molecule has 0 amide bonds. The van der Waals surface area contributed by atoms with Crippen LogP contribution in [0.3, 0.4) is 0 Å². The van der Waals surface area contributed by atoms with Crippen molar-refractivity contribution in [3.05, 3.63) is 45.0 Å². The standard InChI is InChI=1S/C12H5Cl3F3NO/c13-7-1-5(2-8(14)10(7)15)11-9(20)3-6(4-19-11)12(16,17)18/h1-4,20H. The summed E-state index contributed by atoms with van der Waals surface area (Å²) in [5.74, 6) is -0.630. The van der Waals surface area contributed by atoms with Crippen molar-refractivity contribution in [2.45, 2.75) is 6.18 Å². The van der Waals surface area contributed by atoms with Crippen LogP contribution >= 0.6 is 34.8 Å². The average Bonchev–Trinajstić information content (AvgIpc) is 2.34. The van der Waals surface area contributed by atoms with E-state index < -0.39 is 17.5 Å². The van der Waals surface area contributed by atoms with Gasteiger partial charge in [-0.25, -0.2) is 0 Å². The molecule has 2 rings (SSSR count). The smallest absolute Gasteiger partial charge is 0.418 e. The van der Waals surface area contributed by atoms with E-state index in [1.54, 1.807) is 0 Å². The normalized spacial score (nSPS) is 11.7. The second-order valence-corrected chi connectivity index (χ2v) is 5.04. The molecule has 0 fully saturated rings. The number of benzene rings is 1. The third-order valence-corrected chi connectivity index (χ3v) is 3.65. The fraction of sp³-hybridized carbons (Fsp3) is 0.0833. The number of rotatable bonds is 1. The summed E-state index contributed by atoms with van der Waals surface area (Å²) in [5.41, 5.74) is -0.862. The molecule has 0 unspecified atom stereocenters. The van der Waals surface area contributed by atoms with Crippen molar-refractivity contribution in [3.63, 3.8) is 0 Å². The van der Waals surface area contributed by atoms with Gasteiger partial charge < -0.3 is 5.11 Å². The molecule has 0 bridgehead atoms. The highest BCUT2D eigenvalue weighted by molar-refractivity contribution is 6.48. The lowest BCUT2D eigenvalue weighted by Gasteiger charge is -2.10. The number of pyridine rings is 1. The first-order valence-corrected chi connectivity index (χ1v) is 6.24. The van der Waals surface area contributed by atoms with Crippen LogP contribution in [0.1, 0.15) is 5.56 Å². The van der Waals surface area contributed by atoms with Gasteiger partial charge in [-0.15, -0.1) is 0 Å². The van der Waals surface area contributed by atoms with Crippen molar-refractivity contribution in [1.82, 2.24) is 4.98 Å². The molecule has 1 aromatic carbocycles. The molecule has 0 spiro atoms. The fourth-order valence-electron chi connectivity index (χ4n) is 1.52. The SMILES string of the molecule is Oc1cc(C(F)(F)F)cnc1-c1cc(Cl)c(Cl)c(Cl)c1. The van der Waals surface area contributed by atoms with Crippen LogP contribution in [0.5, 0.6) is 5.75 Å². The van der Waals surface area contributed by atoms with Crippen LogP contribution < -0.4 is 0 Å². The Balaban J connectivity index is 2.54. The quantitative estimate of drug-likeness (QED) is 0.701. The Kier molecular flexibility index (Phi) is 4.04. The molecule has 0 saturated carbocycles. The summed E-state index contributed by atoms with van der Waals surface area (Å²) in [4.78, 5) is 3.60. The third-order valence-electron chi connectivity index (χ3n) is 2.45. The summed E-state index contributed by atoms with van der Waals surface area (Å²) in [5, 5.41) is 10.0. The number of hydrogen-bond acceptors (Lipinski definition) is 2. The van der Waals surface area contributed by atoms with Crippen LogP contribution in [0.25, 0.3) is 11.3 Å². The maximum Gasteiger partial charge on any atom is 0.418 e. The maximum atomic E-state index is 12.5. The predicted octanol–water partition coefficient (Wildman–Crippen LogP) is 5.43. The van der Waals surface area contributed by atoms with Crippen LogP contribution in [-0.2, 0) is 6.18 Å². The molecule has 106 valence electrons. The maximum absolute atomic E-state index is 12.5. The van der Waals surface area contributed by atoms with Gasteiger partial charge in [-0.05, 0) is 18.2 Å². The summed E-state index contributed by atoms with van der Waals surface area (Å²) in [7, 11) is 0. The first-order valence-electron chi connectivity index (χ1n) is 5.11. The number of aromatic hydroxyl groups is 1. The Morgan fingerprint density at radius 3 is 2.00 bits per heavy atom. The second kappa shape index (κ2) is 5.31. The molecule has 0 radical (unpaired) electrons. The number of nitrogens with zero attached hydrogens (tertiary/aromatic N) is 1. The number of alkyl halides is 3. The van der Waals surface area contributed by atoms with Gasteiger partial charge in [-0.2, -0.15) is 13.2 Å². The largest absolute Gasteiger partial charge is 0.506 e. The zero-order valence-corrected chi connectivity index (χ0v) is 11.7. The first kappa shape index (κ1) is 15.2. The van der Waals surface area contributed by atoms with E-state index in [1.165, 1.54) is 12.1 Å². The zero-order chi connectivity index (χ0) is 15.1. The molecule has 2 aromatic rings. The van der Waals surface area contributed by atoms with Crippen molar-refractivity contribution < 1.29 is 18.3 Å². The van der Waals surface area contributed by atoms with Gasteiger partial charge in [-0.1, -0.05) is 34.8 Å². The molecule has 1 heterocycles. The lowest BCUT2D eigenvalue weighted by atomic mass is 10.1. The van der Waals surface area contributed by atoms with Crippen LogP contribution in [0.15, 0.2) is 24.4 Å². The topological polar surface area (TPSA) is 33.1 Å². The van der Waals surface area contributed by atoms with Gasteiger partial charge in [0.1, 0.15) is 11.4 Å². The molecule has 2 nitrogen and oxygen atoms in total. The molecule has 0 aliphatic carbocycles. The van der Waals surface area contributed by atoms with E-state index in [2.05, 4.69) is 4.98 Å². The Hall–Kier alpha value is -1.17. The van der Waals surface area contributed by atoms with Gasteiger partial charge in [0.15, 0.2) is 0 Å². The van der Waals surface area contributed by atoms with Gasteiger partial charge in [0, 0.05) is 11.8 Å². The number of hydrogen-bond donors (Lipinski definition) is 1. The van der Waals surface area contributed by atoms with E-state index in [-0.39, 0.29) is 26.3 Å². The Morgan fingerprint density at radius 1 is 1.00 bits per heavy atom. The van der Waals surface area contributed by atoms with E-state index in [9.17, 15) is 18.3 Å². The van der Waals surface area contributed by atoms with Crippen molar-refractivity contribution in [2.75, 3.05) is 0 Å². The van der Waals surface area contributed by atoms with Crippen LogP contribution in [-0.4, -0.2) is 10.1 Å². The molecule has 0 aliphatic rings. The molecule has 0 atom stereocenters. The highest BCUT2D eigenvalue weighted by atomic mass is 35.5. The molecular weight excluding hydrogens is 337 g/mol. The van der Waals surface area contributed by atoms with E-state index >= 15 is 0 Å². The molecule has 1 aromatic heterocycles. The third kappa shape index (κ3) is 2.95. The summed E-state index contributed by atoms with van der Waals surface area (Å²) < 4.78 is 37.4. The summed E-state index contributed by atoms with van der Waals surface area (Å²) in [6, 6.07) is 3.29. The van der Waals surface area contributed by atoms with Crippen LogP contribution in [0.2, 0.25) is 15.1 Å². The minimum Gasteiger partial charge on any atom is -0.506 e. The van der Waals surface area contributed by atoms with Crippen LogP contribution in [0.4, 0.5) is 13.2 Å². The fourth-order valence-corrected chi connectivity index (χ4v) is 2.12. The molecule has 20 heavy (non-hydrogen) atoms. The molecular formula is C12H5Cl3F3NO. The Labute approximate surface area is 126 Å². The second-order valence-electron chi connectivity index (χ2n) is 3.84. The number of aromatic nitrogens is 1. The van der Waals surface area contributed by atoms with Crippen LogP contribution in [0, 0.1) is 0 Å². The number of halogens is 6. The summed E-state index contributed by atoms with van der Waals surface area (Å²) >= 11 is 17.4. The summed E-state index contributed by atoms with van der Waals surface area (Å²) in [6.07, 6.45) is -3.97. The van der Waals surface area contributed by atoms with Gasteiger partial charge in [0.2, 0.25) is 0 Å². The Morgan fingerprint density at radius 2 is 1.55 bits per heavy atom. The van der Waals surface area contributed by atoms with E-state index in [4.69, 9.17) is 34.8 Å². The van der Waals surface area contributed by atoms with Gasteiger partial charge in [0.05, 0.1) is 20.6 Å². The molecule has 1 N–H and O–H groups in total. The first-order chi connectivity index (χ1) is 9.20. The average molecular weight is 343 g/mol. The van der Waals surface area contributed by atoms with Crippen molar-refractivity contribution in [1.29, 1.82) is 0 Å². The minimum atomic E-state index is -4.59. The zero-order valence-electron chi connectivity index (χ0n) is 9.47. The predicted molar refractivity (Wildman–Crippen MR) is 71.4 cm³/mol. The highest BCUT2D eigenvalue weighted by Crippen LogP contribution is 2.39. The Bertz CT molecular complexity index is 650. The van der Waals surface area contributed by atoms with E-state index in [0.29, 0.717) is 12.3 Å². The van der Waals surface area contributed by atoms with E-state index in [0.717, 1.165) is 0 Å². The minimum absolute atomic E-state index is 0.0709. The molecule has 0 saturated heterocycles. The van der Waals surface area contributed by atoms with Crippen molar-refractivity contribution >= 4 is 34.8 Å². The van der Waals surface area contributed by atoms with E-state index in [1.807, 2.05) is 0 Å². The lowest BCUT2D eigenvalue weighted by molar-refractivity contribution is -0.137. The van der Waals surface area contributed by atoms with Crippen molar-refractivity contribution in [2.24, 2.45) is 0 Å². The monoisotopic (exact) mass is 341 g/mol. The van der Waals surface area contributed by atoms with Crippen molar-refractivity contribution in [3.8, 4) is 17.0 Å². The van der Waals surface area contributed by atoms with Gasteiger partial charge in [0.25, 0.3) is 0 Å².